The number of carbonyl (C=O) groups excluding carboxylic acids is 1. The highest BCUT2D eigenvalue weighted by Gasteiger charge is 2.12. The van der Waals surface area contributed by atoms with Gasteiger partial charge < -0.3 is 11.1 Å². The van der Waals surface area contributed by atoms with E-state index in [0.29, 0.717) is 0 Å². The van der Waals surface area contributed by atoms with Crippen LogP contribution in [0.25, 0.3) is 0 Å². The third kappa shape index (κ3) is 2.64. The van der Waals surface area contributed by atoms with Gasteiger partial charge in [-0.15, -0.1) is 0 Å². The van der Waals surface area contributed by atoms with Gasteiger partial charge in [-0.2, -0.15) is 5.10 Å². The van der Waals surface area contributed by atoms with Crippen LogP contribution in [-0.4, -0.2) is 21.1 Å². The van der Waals surface area contributed by atoms with Gasteiger partial charge in [-0.1, -0.05) is 11.6 Å². The minimum atomic E-state index is -0.492. The van der Waals surface area contributed by atoms with Gasteiger partial charge in [-0.05, 0) is 12.1 Å². The summed E-state index contributed by atoms with van der Waals surface area (Å²) in [5.74, 6) is -0.112. The molecule has 92 valence electrons. The second kappa shape index (κ2) is 4.84. The number of amides is 1. The summed E-state index contributed by atoms with van der Waals surface area (Å²) < 4.78 is 0. The number of nitrogens with zero attached hydrogens (tertiary/aromatic N) is 2. The Morgan fingerprint density at radius 1 is 1.44 bits per heavy atom. The predicted molar refractivity (Wildman–Crippen MR) is 66.5 cm³/mol. The molecule has 8 heteroatoms. The lowest BCUT2D eigenvalue weighted by molar-refractivity contribution is 0.102. The SMILES string of the molecule is Nc1cc(C(=O)Nc2ccc(=O)[nH]n2)c(Cl)cn1. The molecule has 2 heterocycles. The number of rotatable bonds is 2. The Hall–Kier alpha value is -2.41. The lowest BCUT2D eigenvalue weighted by atomic mass is 10.2. The zero-order valence-electron chi connectivity index (χ0n) is 8.98. The molecule has 0 unspecified atom stereocenters. The van der Waals surface area contributed by atoms with E-state index in [4.69, 9.17) is 17.3 Å². The molecule has 2 aromatic rings. The molecule has 2 rings (SSSR count). The van der Waals surface area contributed by atoms with Gasteiger partial charge in [0.2, 0.25) is 0 Å². The number of anilines is 2. The Morgan fingerprint density at radius 2 is 2.22 bits per heavy atom. The van der Waals surface area contributed by atoms with E-state index in [-0.39, 0.29) is 27.8 Å². The van der Waals surface area contributed by atoms with Gasteiger partial charge >= 0.3 is 0 Å². The molecule has 0 fully saturated rings. The van der Waals surface area contributed by atoms with Crippen molar-refractivity contribution in [2.24, 2.45) is 0 Å². The monoisotopic (exact) mass is 265 g/mol. The largest absolute Gasteiger partial charge is 0.384 e. The first-order valence-corrected chi connectivity index (χ1v) is 5.22. The number of H-pyrrole nitrogens is 1. The van der Waals surface area contributed by atoms with Crippen LogP contribution in [0.5, 0.6) is 0 Å². The topological polar surface area (TPSA) is 114 Å². The van der Waals surface area contributed by atoms with Crippen LogP contribution in [0.15, 0.2) is 29.2 Å². The molecule has 0 aromatic carbocycles. The number of pyridine rings is 1. The standard InChI is InChI=1S/C10H8ClN5O2/c11-6-4-13-7(12)3-5(6)10(18)14-8-1-2-9(17)16-15-8/h1-4H,(H2,12,13)(H,16,17)(H,14,15,18). The molecule has 0 bridgehead atoms. The van der Waals surface area contributed by atoms with Crippen LogP contribution in [0.2, 0.25) is 5.02 Å². The van der Waals surface area contributed by atoms with Crippen molar-refractivity contribution < 1.29 is 4.79 Å². The summed E-state index contributed by atoms with van der Waals surface area (Å²) in [6.45, 7) is 0. The predicted octanol–water partition coefficient (Wildman–Crippen LogP) is 0.653. The Balaban J connectivity index is 2.24. The van der Waals surface area contributed by atoms with E-state index in [0.717, 1.165) is 0 Å². The second-order valence-electron chi connectivity index (χ2n) is 3.35. The highest BCUT2D eigenvalue weighted by molar-refractivity contribution is 6.34. The fourth-order valence-electron chi connectivity index (χ4n) is 1.23. The number of nitrogen functional groups attached to an aromatic ring is 1. The number of nitrogens with two attached hydrogens (primary N) is 1. The summed E-state index contributed by atoms with van der Waals surface area (Å²) in [7, 11) is 0. The first-order valence-electron chi connectivity index (χ1n) is 4.84. The van der Waals surface area contributed by atoms with Crippen molar-refractivity contribution in [3.8, 4) is 0 Å². The number of aromatic amines is 1. The lowest BCUT2D eigenvalue weighted by Crippen LogP contribution is -2.16. The molecule has 1 amide bonds. The average molecular weight is 266 g/mol. The molecule has 0 saturated carbocycles. The fourth-order valence-corrected chi connectivity index (χ4v) is 1.42. The van der Waals surface area contributed by atoms with E-state index < -0.39 is 5.91 Å². The summed E-state index contributed by atoms with van der Waals surface area (Å²) >= 11 is 5.83. The Bertz CT molecular complexity index is 634. The lowest BCUT2D eigenvalue weighted by Gasteiger charge is -2.05. The van der Waals surface area contributed by atoms with Crippen LogP contribution >= 0.6 is 11.6 Å². The molecule has 0 aliphatic heterocycles. The molecule has 0 saturated heterocycles. The van der Waals surface area contributed by atoms with Crippen LogP contribution < -0.4 is 16.6 Å². The summed E-state index contributed by atoms with van der Waals surface area (Å²) in [4.78, 5) is 26.4. The van der Waals surface area contributed by atoms with Crippen LogP contribution in [0.3, 0.4) is 0 Å². The Kier molecular flexibility index (Phi) is 3.24. The van der Waals surface area contributed by atoms with Crippen molar-refractivity contribution in [3.63, 3.8) is 0 Å². The minimum absolute atomic E-state index is 0.172. The summed E-state index contributed by atoms with van der Waals surface area (Å²) in [6, 6.07) is 3.96. The smallest absolute Gasteiger partial charge is 0.264 e. The van der Waals surface area contributed by atoms with E-state index in [1.54, 1.807) is 0 Å². The Morgan fingerprint density at radius 3 is 2.89 bits per heavy atom. The highest BCUT2D eigenvalue weighted by atomic mass is 35.5. The minimum Gasteiger partial charge on any atom is -0.384 e. The number of nitrogens with one attached hydrogen (secondary N) is 2. The van der Waals surface area contributed by atoms with Gasteiger partial charge in [0.05, 0.1) is 10.6 Å². The maximum Gasteiger partial charge on any atom is 0.264 e. The van der Waals surface area contributed by atoms with Gasteiger partial charge in [0.15, 0.2) is 5.82 Å². The summed E-state index contributed by atoms with van der Waals surface area (Å²) in [5, 5.41) is 8.47. The zero-order chi connectivity index (χ0) is 13.1. The van der Waals surface area contributed by atoms with Gasteiger partial charge in [0.1, 0.15) is 5.82 Å². The van der Waals surface area contributed by atoms with Crippen LogP contribution in [0, 0.1) is 0 Å². The van der Waals surface area contributed by atoms with Gasteiger partial charge in [0, 0.05) is 12.3 Å². The summed E-state index contributed by atoms with van der Waals surface area (Å²) in [6.07, 6.45) is 1.28. The average Bonchev–Trinajstić information content (AvgIpc) is 2.35. The van der Waals surface area contributed by atoms with Gasteiger partial charge in [0.25, 0.3) is 11.5 Å². The first kappa shape index (κ1) is 12.1. The maximum absolute atomic E-state index is 11.9. The Labute approximate surface area is 106 Å². The van der Waals surface area contributed by atoms with Crippen molar-refractivity contribution in [3.05, 3.63) is 45.3 Å². The van der Waals surface area contributed by atoms with E-state index in [9.17, 15) is 9.59 Å². The van der Waals surface area contributed by atoms with Crippen molar-refractivity contribution in [1.82, 2.24) is 15.2 Å². The third-order valence-corrected chi connectivity index (χ3v) is 2.34. The molecule has 0 atom stereocenters. The zero-order valence-corrected chi connectivity index (χ0v) is 9.73. The van der Waals surface area contributed by atoms with E-state index in [1.807, 2.05) is 0 Å². The van der Waals surface area contributed by atoms with Crippen molar-refractivity contribution >= 4 is 29.1 Å². The second-order valence-corrected chi connectivity index (χ2v) is 3.76. The van der Waals surface area contributed by atoms with Gasteiger partial charge in [-0.3, -0.25) is 9.59 Å². The molecule has 4 N–H and O–H groups in total. The molecule has 18 heavy (non-hydrogen) atoms. The molecule has 2 aromatic heterocycles. The first-order chi connectivity index (χ1) is 8.56. The quantitative estimate of drug-likeness (QED) is 0.738. The molecular formula is C10H8ClN5O2. The number of carbonyl (C=O) groups is 1. The van der Waals surface area contributed by atoms with Crippen molar-refractivity contribution in [1.29, 1.82) is 0 Å². The number of hydrogen-bond donors (Lipinski definition) is 3. The number of hydrogen-bond acceptors (Lipinski definition) is 5. The van der Waals surface area contributed by atoms with E-state index >= 15 is 0 Å². The molecular weight excluding hydrogens is 258 g/mol. The third-order valence-electron chi connectivity index (χ3n) is 2.04. The van der Waals surface area contributed by atoms with Crippen LogP contribution in [-0.2, 0) is 0 Å². The molecule has 0 aliphatic carbocycles. The summed E-state index contributed by atoms with van der Waals surface area (Å²) in [5.41, 5.74) is 5.28. The van der Waals surface area contributed by atoms with Crippen molar-refractivity contribution in [2.75, 3.05) is 11.1 Å². The number of aromatic nitrogens is 3. The maximum atomic E-state index is 11.9. The van der Waals surface area contributed by atoms with E-state index in [1.165, 1.54) is 24.4 Å². The number of halogens is 1. The highest BCUT2D eigenvalue weighted by Crippen LogP contribution is 2.17. The molecule has 0 radical (unpaired) electrons. The van der Waals surface area contributed by atoms with Gasteiger partial charge in [-0.25, -0.2) is 10.1 Å². The van der Waals surface area contributed by atoms with E-state index in [2.05, 4.69) is 20.5 Å². The van der Waals surface area contributed by atoms with Crippen LogP contribution in [0.4, 0.5) is 11.6 Å². The normalized spacial score (nSPS) is 10.1. The van der Waals surface area contributed by atoms with Crippen molar-refractivity contribution in [2.45, 2.75) is 0 Å². The fraction of sp³-hybridized carbons (Fsp3) is 0. The van der Waals surface area contributed by atoms with Crippen LogP contribution in [0.1, 0.15) is 10.4 Å². The molecule has 7 nitrogen and oxygen atoms in total. The molecule has 0 spiro atoms. The molecule has 0 aliphatic rings.